The van der Waals surface area contributed by atoms with Gasteiger partial charge in [-0.2, -0.15) is 0 Å². The van der Waals surface area contributed by atoms with Gasteiger partial charge in [0, 0.05) is 23.1 Å². The number of hydrogen-bond acceptors (Lipinski definition) is 4. The van der Waals surface area contributed by atoms with E-state index in [1.54, 1.807) is 25.3 Å². The van der Waals surface area contributed by atoms with Gasteiger partial charge in [0.25, 0.3) is 0 Å². The summed E-state index contributed by atoms with van der Waals surface area (Å²) < 4.78 is 64.9. The van der Waals surface area contributed by atoms with Crippen molar-refractivity contribution in [1.82, 2.24) is 14.9 Å². The molecule has 1 aliphatic heterocycles. The van der Waals surface area contributed by atoms with Gasteiger partial charge in [-0.05, 0) is 54.9 Å². The predicted molar refractivity (Wildman–Crippen MR) is 120 cm³/mol. The van der Waals surface area contributed by atoms with Crippen molar-refractivity contribution in [1.29, 1.82) is 0 Å². The molecule has 1 aliphatic rings. The molecule has 2 atom stereocenters. The lowest BCUT2D eigenvalue weighted by Crippen LogP contribution is -2.34. The van der Waals surface area contributed by atoms with E-state index in [-0.39, 0.29) is 27.0 Å². The van der Waals surface area contributed by atoms with Gasteiger partial charge in [0.2, 0.25) is 0 Å². The molecule has 0 fully saturated rings. The largest absolute Gasteiger partial charge is 0.573 e. The van der Waals surface area contributed by atoms with Gasteiger partial charge in [0.05, 0.1) is 27.6 Å². The molecule has 1 amide bonds. The molecule has 2 aromatic carbocycles. The van der Waals surface area contributed by atoms with E-state index < -0.39 is 41.7 Å². The van der Waals surface area contributed by atoms with Crippen LogP contribution in [0.1, 0.15) is 50.7 Å². The van der Waals surface area contributed by atoms with Gasteiger partial charge < -0.3 is 19.4 Å². The minimum absolute atomic E-state index is 0.0404. The third-order valence-corrected chi connectivity index (χ3v) is 6.04. The molecule has 3 aromatic rings. The summed E-state index contributed by atoms with van der Waals surface area (Å²) in [6, 6.07) is 5.09. The standard InChI is InChI=1S/C22H19BrClF4N3O3/c1-21(2,3)34-20(32)30-14-9-16(18-11(24)5-4-6-17(18)33-22(26,27)28)31-15-7-10(23)12(25)8-13(15)29-19(14)31/h4-8,14,16H,9H2,1-3H3,(H,30,32)/t14-,16-/m1/s1. The Labute approximate surface area is 205 Å². The van der Waals surface area contributed by atoms with Crippen LogP contribution in [0.3, 0.4) is 0 Å². The molecule has 0 saturated carbocycles. The Bertz CT molecular complexity index is 1270. The second-order valence-corrected chi connectivity index (χ2v) is 10.0. The second kappa shape index (κ2) is 8.60. The Hall–Kier alpha value is -2.53. The highest BCUT2D eigenvalue weighted by atomic mass is 79.9. The van der Waals surface area contributed by atoms with Crippen LogP contribution in [0.15, 0.2) is 34.8 Å². The summed E-state index contributed by atoms with van der Waals surface area (Å²) in [7, 11) is 0. The maximum absolute atomic E-state index is 14.2. The van der Waals surface area contributed by atoms with Gasteiger partial charge >= 0.3 is 12.5 Å². The Balaban J connectivity index is 1.85. The number of carbonyl (C=O) groups excluding carboxylic acids is 1. The second-order valence-electron chi connectivity index (χ2n) is 8.74. The molecule has 34 heavy (non-hydrogen) atoms. The average molecular weight is 565 g/mol. The highest BCUT2D eigenvalue weighted by molar-refractivity contribution is 9.10. The number of aromatic nitrogens is 2. The van der Waals surface area contributed by atoms with E-state index in [1.807, 2.05) is 0 Å². The van der Waals surface area contributed by atoms with Crippen molar-refractivity contribution in [3.05, 3.63) is 57.0 Å². The number of rotatable bonds is 3. The molecule has 0 unspecified atom stereocenters. The lowest BCUT2D eigenvalue weighted by atomic mass is 10.0. The third-order valence-electron chi connectivity index (χ3n) is 5.10. The SMILES string of the molecule is CC(C)(C)OC(=O)N[C@@H]1C[C@H](c2c(Cl)cccc2OC(F)(F)F)n2c1nc1cc(F)c(Br)cc12. The van der Waals surface area contributed by atoms with E-state index in [0.717, 1.165) is 6.07 Å². The first kappa shape index (κ1) is 24.6. The number of fused-ring (bicyclic) bond motifs is 3. The molecule has 12 heteroatoms. The number of ether oxygens (including phenoxy) is 2. The van der Waals surface area contributed by atoms with Crippen molar-refractivity contribution >= 4 is 44.7 Å². The van der Waals surface area contributed by atoms with Crippen molar-refractivity contribution < 1.29 is 31.8 Å². The maximum atomic E-state index is 14.2. The average Bonchev–Trinajstić information content (AvgIpc) is 3.17. The smallest absolute Gasteiger partial charge is 0.444 e. The number of benzene rings is 2. The number of alkyl halides is 3. The molecule has 0 aliphatic carbocycles. The first-order valence-corrected chi connectivity index (χ1v) is 11.3. The van der Waals surface area contributed by atoms with Crippen LogP contribution in [0.4, 0.5) is 22.4 Å². The zero-order chi connectivity index (χ0) is 25.0. The molecule has 1 N–H and O–H groups in total. The first-order valence-electron chi connectivity index (χ1n) is 10.1. The van der Waals surface area contributed by atoms with E-state index in [9.17, 15) is 22.4 Å². The minimum atomic E-state index is -4.95. The van der Waals surface area contributed by atoms with Crippen LogP contribution in [0.25, 0.3) is 11.0 Å². The van der Waals surface area contributed by atoms with E-state index in [1.165, 1.54) is 24.3 Å². The highest BCUT2D eigenvalue weighted by Gasteiger charge is 2.41. The monoisotopic (exact) mass is 563 g/mol. The Morgan fingerprint density at radius 3 is 2.62 bits per heavy atom. The van der Waals surface area contributed by atoms with Gasteiger partial charge in [-0.3, -0.25) is 0 Å². The van der Waals surface area contributed by atoms with Crippen LogP contribution in [0, 0.1) is 5.82 Å². The predicted octanol–water partition coefficient (Wildman–Crippen LogP) is 7.05. The molecule has 182 valence electrons. The van der Waals surface area contributed by atoms with E-state index in [4.69, 9.17) is 16.3 Å². The van der Waals surface area contributed by atoms with Gasteiger partial charge in [-0.25, -0.2) is 14.2 Å². The van der Waals surface area contributed by atoms with E-state index >= 15 is 0 Å². The van der Waals surface area contributed by atoms with Crippen LogP contribution in [0.2, 0.25) is 5.02 Å². The van der Waals surface area contributed by atoms with Crippen LogP contribution in [-0.4, -0.2) is 27.6 Å². The fourth-order valence-corrected chi connectivity index (χ4v) is 4.61. The lowest BCUT2D eigenvalue weighted by molar-refractivity contribution is -0.275. The number of alkyl carbamates (subject to hydrolysis) is 1. The van der Waals surface area contributed by atoms with Gasteiger partial charge in [-0.1, -0.05) is 17.7 Å². The number of nitrogens with one attached hydrogen (secondary N) is 1. The van der Waals surface area contributed by atoms with Crippen LogP contribution in [-0.2, 0) is 4.74 Å². The zero-order valence-corrected chi connectivity index (χ0v) is 20.5. The third kappa shape index (κ3) is 4.95. The summed E-state index contributed by atoms with van der Waals surface area (Å²) in [6.45, 7) is 5.10. The summed E-state index contributed by atoms with van der Waals surface area (Å²) >= 11 is 9.49. The molecule has 0 radical (unpaired) electrons. The van der Waals surface area contributed by atoms with Crippen molar-refractivity contribution in [2.45, 2.75) is 51.2 Å². The number of imidazole rings is 1. The molecule has 6 nitrogen and oxygen atoms in total. The maximum Gasteiger partial charge on any atom is 0.573 e. The van der Waals surface area contributed by atoms with Gasteiger partial charge in [0.15, 0.2) is 0 Å². The number of amides is 1. The lowest BCUT2D eigenvalue weighted by Gasteiger charge is -2.22. The summed E-state index contributed by atoms with van der Waals surface area (Å²) in [6.07, 6.45) is -5.56. The minimum Gasteiger partial charge on any atom is -0.444 e. The molecule has 0 bridgehead atoms. The van der Waals surface area contributed by atoms with Crippen molar-refractivity contribution in [2.24, 2.45) is 0 Å². The Kier molecular flexibility index (Phi) is 6.22. The fraction of sp³-hybridized carbons (Fsp3) is 0.364. The number of carbonyl (C=O) groups is 1. The Morgan fingerprint density at radius 2 is 1.97 bits per heavy atom. The number of nitrogens with zero attached hydrogens (tertiary/aromatic N) is 2. The topological polar surface area (TPSA) is 65.4 Å². The number of hydrogen-bond donors (Lipinski definition) is 1. The van der Waals surface area contributed by atoms with Crippen molar-refractivity contribution in [3.8, 4) is 5.75 Å². The summed E-state index contributed by atoms with van der Waals surface area (Å²) in [4.78, 5) is 16.9. The van der Waals surface area contributed by atoms with E-state index in [0.29, 0.717) is 11.3 Å². The van der Waals surface area contributed by atoms with Gasteiger partial charge in [-0.15, -0.1) is 13.2 Å². The zero-order valence-electron chi connectivity index (χ0n) is 18.1. The van der Waals surface area contributed by atoms with Crippen LogP contribution >= 0.6 is 27.5 Å². The van der Waals surface area contributed by atoms with E-state index in [2.05, 4.69) is 31.0 Å². The summed E-state index contributed by atoms with van der Waals surface area (Å²) in [5.41, 5.74) is 0.00417. The number of halogens is 6. The molecular weight excluding hydrogens is 546 g/mol. The quantitative estimate of drug-likeness (QED) is 0.346. The first-order chi connectivity index (χ1) is 15.7. The molecule has 4 rings (SSSR count). The molecule has 2 heterocycles. The summed E-state index contributed by atoms with van der Waals surface area (Å²) in [5.74, 6) is -0.713. The molecule has 1 aromatic heterocycles. The highest BCUT2D eigenvalue weighted by Crippen LogP contribution is 2.47. The van der Waals surface area contributed by atoms with Gasteiger partial charge in [0.1, 0.15) is 23.0 Å². The fourth-order valence-electron chi connectivity index (χ4n) is 3.99. The summed E-state index contributed by atoms with van der Waals surface area (Å²) in [5, 5.41) is 2.75. The molecular formula is C22H19BrClF4N3O3. The molecule has 0 spiro atoms. The van der Waals surface area contributed by atoms with Crippen molar-refractivity contribution in [2.75, 3.05) is 0 Å². The van der Waals surface area contributed by atoms with Crippen LogP contribution in [0.5, 0.6) is 5.75 Å². The molecule has 0 saturated heterocycles. The Morgan fingerprint density at radius 1 is 1.26 bits per heavy atom. The van der Waals surface area contributed by atoms with Crippen molar-refractivity contribution in [3.63, 3.8) is 0 Å². The normalized spacial score (nSPS) is 18.1. The van der Waals surface area contributed by atoms with Crippen LogP contribution < -0.4 is 10.1 Å².